The van der Waals surface area contributed by atoms with E-state index < -0.39 is 24.2 Å². The zero-order valence-corrected chi connectivity index (χ0v) is 12.3. The predicted octanol–water partition coefficient (Wildman–Crippen LogP) is 5.29. The van der Waals surface area contributed by atoms with Crippen molar-refractivity contribution in [3.05, 3.63) is 48.4 Å². The highest BCUT2D eigenvalue weighted by molar-refractivity contribution is 5.91. The molecule has 0 unspecified atom stereocenters. The minimum absolute atomic E-state index is 0.0826. The molecule has 0 aliphatic carbocycles. The lowest BCUT2D eigenvalue weighted by atomic mass is 10.0. The molecule has 9 heteroatoms. The highest BCUT2D eigenvalue weighted by Crippen LogP contribution is 2.47. The number of hydrogen-bond acceptors (Lipinski definition) is 3. The van der Waals surface area contributed by atoms with E-state index in [1.54, 1.807) is 24.3 Å². The average molecular weight is 360 g/mol. The third-order valence-corrected chi connectivity index (χ3v) is 3.56. The van der Waals surface area contributed by atoms with Crippen LogP contribution < -0.4 is 5.73 Å². The summed E-state index contributed by atoms with van der Waals surface area (Å²) in [6.45, 7) is 0. The third-order valence-electron chi connectivity index (χ3n) is 3.56. The first kappa shape index (κ1) is 17.1. The second-order valence-electron chi connectivity index (χ2n) is 5.34. The van der Waals surface area contributed by atoms with Crippen LogP contribution in [-0.2, 0) is 0 Å². The number of hydrogen-bond donors (Lipinski definition) is 1. The highest BCUT2D eigenvalue weighted by atomic mass is 19.4. The van der Waals surface area contributed by atoms with Crippen molar-refractivity contribution >= 4 is 16.8 Å². The van der Waals surface area contributed by atoms with Gasteiger partial charge < -0.3 is 10.2 Å². The Kier molecular flexibility index (Phi) is 3.89. The third kappa shape index (κ3) is 3.26. The lowest BCUT2D eigenvalue weighted by Crippen LogP contribution is -2.34. The molecule has 3 aromatic rings. The summed E-state index contributed by atoms with van der Waals surface area (Å²) in [6, 6.07) is 10.5. The molecule has 0 radical (unpaired) electrons. The van der Waals surface area contributed by atoms with Gasteiger partial charge in [0.25, 0.3) is 0 Å². The fraction of sp³-hybridized carbons (Fsp3) is 0.188. The van der Waals surface area contributed by atoms with Crippen LogP contribution in [0.3, 0.4) is 0 Å². The van der Waals surface area contributed by atoms with Gasteiger partial charge >= 0.3 is 12.4 Å². The Morgan fingerprint density at radius 2 is 1.48 bits per heavy atom. The Bertz CT molecular complexity index is 882. The van der Waals surface area contributed by atoms with Crippen LogP contribution in [0.5, 0.6) is 0 Å². The van der Waals surface area contributed by atoms with E-state index in [0.717, 1.165) is 0 Å². The van der Waals surface area contributed by atoms with Gasteiger partial charge in [0.2, 0.25) is 11.8 Å². The fourth-order valence-electron chi connectivity index (χ4n) is 2.45. The Morgan fingerprint density at radius 1 is 0.880 bits per heavy atom. The van der Waals surface area contributed by atoms with Gasteiger partial charge in [0.15, 0.2) is 5.58 Å². The summed E-state index contributed by atoms with van der Waals surface area (Å²) in [5.41, 5.74) is 6.67. The molecular weight excluding hydrogens is 350 g/mol. The van der Waals surface area contributed by atoms with E-state index in [2.05, 4.69) is 4.98 Å². The summed E-state index contributed by atoms with van der Waals surface area (Å²) in [6.07, 6.45) is -11.1. The van der Waals surface area contributed by atoms with Crippen LogP contribution in [0.15, 0.2) is 46.9 Å². The standard InChI is InChI=1S/C16H10F6N2O/c17-15(18,19)13(16(20,21)22)14-24-12-10(2-1-3-11(12)25-14)8-4-6-9(23)7-5-8/h1-7,13H,23H2. The lowest BCUT2D eigenvalue weighted by molar-refractivity contribution is -0.258. The molecule has 0 bridgehead atoms. The largest absolute Gasteiger partial charge is 0.440 e. The number of nitrogens with zero attached hydrogens (tertiary/aromatic N) is 1. The van der Waals surface area contributed by atoms with Gasteiger partial charge in [-0.3, -0.25) is 0 Å². The van der Waals surface area contributed by atoms with Crippen molar-refractivity contribution < 1.29 is 30.8 Å². The summed E-state index contributed by atoms with van der Waals surface area (Å²) in [4.78, 5) is 3.51. The molecule has 3 rings (SSSR count). The van der Waals surface area contributed by atoms with Crippen LogP contribution in [-0.4, -0.2) is 17.3 Å². The molecule has 0 saturated heterocycles. The number of nitrogen functional groups attached to an aromatic ring is 1. The SMILES string of the molecule is Nc1ccc(-c2cccc3oc(C(C(F)(F)F)C(F)(F)F)nc23)cc1. The van der Waals surface area contributed by atoms with E-state index in [9.17, 15) is 26.3 Å². The van der Waals surface area contributed by atoms with Gasteiger partial charge in [0, 0.05) is 11.3 Å². The van der Waals surface area contributed by atoms with Crippen LogP contribution in [0.1, 0.15) is 11.8 Å². The highest BCUT2D eigenvalue weighted by Gasteiger charge is 2.60. The van der Waals surface area contributed by atoms with Gasteiger partial charge in [-0.15, -0.1) is 0 Å². The van der Waals surface area contributed by atoms with E-state index in [1.807, 2.05) is 0 Å². The molecule has 2 aromatic carbocycles. The summed E-state index contributed by atoms with van der Waals surface area (Å²) < 4.78 is 82.0. The van der Waals surface area contributed by atoms with Crippen molar-refractivity contribution in [2.45, 2.75) is 18.3 Å². The Labute approximate surface area is 137 Å². The molecule has 1 aromatic heterocycles. The van der Waals surface area contributed by atoms with Crippen LogP contribution in [0, 0.1) is 0 Å². The summed E-state index contributed by atoms with van der Waals surface area (Å²) in [5, 5.41) is 0. The van der Waals surface area contributed by atoms with Crippen molar-refractivity contribution in [1.29, 1.82) is 0 Å². The van der Waals surface area contributed by atoms with Gasteiger partial charge in [0.05, 0.1) is 0 Å². The maximum absolute atomic E-state index is 12.9. The van der Waals surface area contributed by atoms with Crippen molar-refractivity contribution in [3.8, 4) is 11.1 Å². The summed E-state index contributed by atoms with van der Waals surface area (Å²) >= 11 is 0. The molecule has 132 valence electrons. The van der Waals surface area contributed by atoms with E-state index in [1.165, 1.54) is 18.2 Å². The Balaban J connectivity index is 2.18. The average Bonchev–Trinajstić information content (AvgIpc) is 2.87. The molecule has 0 aliphatic rings. The van der Waals surface area contributed by atoms with Gasteiger partial charge in [-0.05, 0) is 23.8 Å². The van der Waals surface area contributed by atoms with Crippen LogP contribution in [0.25, 0.3) is 22.2 Å². The summed E-state index contributed by atoms with van der Waals surface area (Å²) in [5.74, 6) is -5.22. The van der Waals surface area contributed by atoms with Crippen molar-refractivity contribution in [2.75, 3.05) is 5.73 Å². The molecule has 0 atom stereocenters. The van der Waals surface area contributed by atoms with Crippen molar-refractivity contribution in [3.63, 3.8) is 0 Å². The normalized spacial score (nSPS) is 12.9. The maximum atomic E-state index is 12.9. The van der Waals surface area contributed by atoms with E-state index in [4.69, 9.17) is 10.2 Å². The molecule has 0 amide bonds. The second-order valence-corrected chi connectivity index (χ2v) is 5.34. The molecule has 0 spiro atoms. The topological polar surface area (TPSA) is 52.0 Å². The number of halogens is 6. The minimum Gasteiger partial charge on any atom is -0.440 e. The molecule has 1 heterocycles. The molecule has 25 heavy (non-hydrogen) atoms. The zero-order chi connectivity index (χ0) is 18.4. The molecular formula is C16H10F6N2O. The Hall–Kier alpha value is -2.71. The number of nitrogens with two attached hydrogens (primary N) is 1. The molecule has 0 aliphatic heterocycles. The minimum atomic E-state index is -5.57. The first-order chi connectivity index (χ1) is 11.6. The first-order valence-corrected chi connectivity index (χ1v) is 6.96. The van der Waals surface area contributed by atoms with Crippen molar-refractivity contribution in [1.82, 2.24) is 4.98 Å². The summed E-state index contributed by atoms with van der Waals surface area (Å²) in [7, 11) is 0. The lowest BCUT2D eigenvalue weighted by Gasteiger charge is -2.19. The quantitative estimate of drug-likeness (QED) is 0.499. The second kappa shape index (κ2) is 5.68. The number of alkyl halides is 6. The smallest absolute Gasteiger partial charge is 0.409 e. The van der Waals surface area contributed by atoms with Crippen molar-refractivity contribution in [2.24, 2.45) is 0 Å². The number of para-hydroxylation sites is 1. The maximum Gasteiger partial charge on any atom is 0.409 e. The number of oxazole rings is 1. The van der Waals surface area contributed by atoms with E-state index in [-0.39, 0.29) is 11.1 Å². The number of anilines is 1. The van der Waals surface area contributed by atoms with Gasteiger partial charge in [0.1, 0.15) is 5.52 Å². The van der Waals surface area contributed by atoms with Crippen LogP contribution in [0.4, 0.5) is 32.0 Å². The van der Waals surface area contributed by atoms with E-state index in [0.29, 0.717) is 16.8 Å². The predicted molar refractivity (Wildman–Crippen MR) is 78.7 cm³/mol. The first-order valence-electron chi connectivity index (χ1n) is 6.96. The van der Waals surface area contributed by atoms with E-state index >= 15 is 0 Å². The number of rotatable bonds is 2. The number of aromatic nitrogens is 1. The monoisotopic (exact) mass is 360 g/mol. The molecule has 0 saturated carbocycles. The van der Waals surface area contributed by atoms with Crippen LogP contribution in [0.2, 0.25) is 0 Å². The van der Waals surface area contributed by atoms with Gasteiger partial charge in [-0.25, -0.2) is 4.98 Å². The zero-order valence-electron chi connectivity index (χ0n) is 12.3. The van der Waals surface area contributed by atoms with Gasteiger partial charge in [-0.1, -0.05) is 24.3 Å². The molecule has 3 nitrogen and oxygen atoms in total. The van der Waals surface area contributed by atoms with Crippen LogP contribution >= 0.6 is 0 Å². The Morgan fingerprint density at radius 3 is 2.04 bits per heavy atom. The van der Waals surface area contributed by atoms with Gasteiger partial charge in [-0.2, -0.15) is 26.3 Å². The fourth-order valence-corrected chi connectivity index (χ4v) is 2.45. The molecule has 2 N–H and O–H groups in total. The number of fused-ring (bicyclic) bond motifs is 1. The molecule has 0 fully saturated rings. The number of benzene rings is 2.